The highest BCUT2D eigenvalue weighted by Gasteiger charge is 2.16. The fourth-order valence-electron chi connectivity index (χ4n) is 1.44. The molecular formula is C12H16O4. The predicted octanol–water partition coefficient (Wildman–Crippen LogP) is 0.205. The first-order valence-electron chi connectivity index (χ1n) is 5.10. The minimum absolute atomic E-state index is 0.0729. The van der Waals surface area contributed by atoms with E-state index in [1.54, 1.807) is 24.3 Å². The molecule has 1 aromatic rings. The van der Waals surface area contributed by atoms with E-state index in [2.05, 4.69) is 0 Å². The Labute approximate surface area is 94.2 Å². The summed E-state index contributed by atoms with van der Waals surface area (Å²) in [5.41, 5.74) is 1.38. The highest BCUT2D eigenvalue weighted by molar-refractivity contribution is 5.78. The first-order valence-corrected chi connectivity index (χ1v) is 5.10. The topological polar surface area (TPSA) is 77.8 Å². The van der Waals surface area contributed by atoms with E-state index in [4.69, 9.17) is 5.11 Å². The number of hydrogen-bond acceptors (Lipinski definition) is 4. The molecular weight excluding hydrogens is 208 g/mol. The molecule has 0 bridgehead atoms. The highest BCUT2D eigenvalue weighted by Crippen LogP contribution is 2.17. The van der Waals surface area contributed by atoms with Gasteiger partial charge in [-0.3, -0.25) is 4.79 Å². The molecule has 0 aromatic heterocycles. The third-order valence-electron chi connectivity index (χ3n) is 2.33. The zero-order valence-corrected chi connectivity index (χ0v) is 9.13. The molecule has 1 rings (SSSR count). The molecule has 4 nitrogen and oxygen atoms in total. The number of rotatable bonds is 5. The molecule has 16 heavy (non-hydrogen) atoms. The van der Waals surface area contributed by atoms with Crippen LogP contribution in [0.5, 0.6) is 0 Å². The van der Waals surface area contributed by atoms with Gasteiger partial charge >= 0.3 is 0 Å². The van der Waals surface area contributed by atoms with Crippen molar-refractivity contribution in [3.05, 3.63) is 35.4 Å². The van der Waals surface area contributed by atoms with Crippen molar-refractivity contribution in [1.29, 1.82) is 0 Å². The first kappa shape index (κ1) is 12.8. The monoisotopic (exact) mass is 224 g/mol. The number of ketones is 1. The van der Waals surface area contributed by atoms with Crippen LogP contribution < -0.4 is 0 Å². The summed E-state index contributed by atoms with van der Waals surface area (Å²) in [6.07, 6.45) is -1.92. The van der Waals surface area contributed by atoms with Crippen molar-refractivity contribution < 1.29 is 20.1 Å². The summed E-state index contributed by atoms with van der Waals surface area (Å²) in [5.74, 6) is 0.0729. The van der Waals surface area contributed by atoms with Crippen LogP contribution in [0.15, 0.2) is 24.3 Å². The normalized spacial score (nSPS) is 14.5. The van der Waals surface area contributed by atoms with Gasteiger partial charge in [0.25, 0.3) is 0 Å². The van der Waals surface area contributed by atoms with Gasteiger partial charge in [0.05, 0.1) is 6.61 Å². The largest absolute Gasteiger partial charge is 0.394 e. The van der Waals surface area contributed by atoms with Gasteiger partial charge in [0, 0.05) is 6.42 Å². The van der Waals surface area contributed by atoms with Crippen molar-refractivity contribution in [1.82, 2.24) is 0 Å². The van der Waals surface area contributed by atoms with E-state index >= 15 is 0 Å². The van der Waals surface area contributed by atoms with E-state index in [9.17, 15) is 15.0 Å². The van der Waals surface area contributed by atoms with Crippen molar-refractivity contribution >= 4 is 5.78 Å². The van der Waals surface area contributed by atoms with Crippen LogP contribution >= 0.6 is 0 Å². The van der Waals surface area contributed by atoms with Crippen LogP contribution in [-0.2, 0) is 11.2 Å². The van der Waals surface area contributed by atoms with E-state index in [1.807, 2.05) is 0 Å². The molecule has 88 valence electrons. The van der Waals surface area contributed by atoms with Gasteiger partial charge in [-0.1, -0.05) is 24.3 Å². The van der Waals surface area contributed by atoms with Crippen molar-refractivity contribution in [3.8, 4) is 0 Å². The van der Waals surface area contributed by atoms with Crippen LogP contribution in [0.3, 0.4) is 0 Å². The number of hydrogen-bond donors (Lipinski definition) is 3. The lowest BCUT2D eigenvalue weighted by atomic mass is 10.0. The summed E-state index contributed by atoms with van der Waals surface area (Å²) in [5, 5.41) is 27.5. The van der Waals surface area contributed by atoms with E-state index in [1.165, 1.54) is 6.92 Å². The second-order valence-corrected chi connectivity index (χ2v) is 3.82. The van der Waals surface area contributed by atoms with E-state index in [0.717, 1.165) is 5.56 Å². The van der Waals surface area contributed by atoms with Crippen LogP contribution in [-0.4, -0.2) is 33.8 Å². The molecule has 1 aromatic carbocycles. The lowest BCUT2D eigenvalue weighted by Gasteiger charge is -2.15. The molecule has 0 saturated heterocycles. The minimum Gasteiger partial charge on any atom is -0.394 e. The van der Waals surface area contributed by atoms with Gasteiger partial charge in [-0.25, -0.2) is 0 Å². The van der Waals surface area contributed by atoms with Gasteiger partial charge in [0.15, 0.2) is 0 Å². The molecule has 0 aliphatic heterocycles. The van der Waals surface area contributed by atoms with Crippen molar-refractivity contribution in [3.63, 3.8) is 0 Å². The zero-order chi connectivity index (χ0) is 12.1. The molecule has 0 radical (unpaired) electrons. The third-order valence-corrected chi connectivity index (χ3v) is 2.33. The fourth-order valence-corrected chi connectivity index (χ4v) is 1.44. The summed E-state index contributed by atoms with van der Waals surface area (Å²) in [6, 6.07) is 6.73. The molecule has 3 N–H and O–H groups in total. The van der Waals surface area contributed by atoms with Crippen molar-refractivity contribution in [2.24, 2.45) is 0 Å². The minimum atomic E-state index is -1.18. The molecule has 0 heterocycles. The van der Waals surface area contributed by atoms with E-state index < -0.39 is 18.8 Å². The first-order chi connectivity index (χ1) is 7.54. The number of benzene rings is 1. The van der Waals surface area contributed by atoms with Gasteiger partial charge in [-0.05, 0) is 18.1 Å². The van der Waals surface area contributed by atoms with Crippen LogP contribution in [0.1, 0.15) is 24.2 Å². The second-order valence-electron chi connectivity index (χ2n) is 3.82. The number of aliphatic hydroxyl groups excluding tert-OH is 3. The quantitative estimate of drug-likeness (QED) is 0.668. The lowest BCUT2D eigenvalue weighted by Crippen LogP contribution is -2.21. The Morgan fingerprint density at radius 3 is 2.25 bits per heavy atom. The van der Waals surface area contributed by atoms with Gasteiger partial charge in [-0.15, -0.1) is 0 Å². The van der Waals surface area contributed by atoms with Crippen LogP contribution in [0.4, 0.5) is 0 Å². The van der Waals surface area contributed by atoms with E-state index in [-0.39, 0.29) is 5.78 Å². The third kappa shape index (κ3) is 3.41. The van der Waals surface area contributed by atoms with Crippen LogP contribution in [0.25, 0.3) is 0 Å². The van der Waals surface area contributed by atoms with E-state index in [0.29, 0.717) is 12.0 Å². The molecule has 0 aliphatic rings. The number of aliphatic hydroxyl groups is 3. The maximum Gasteiger partial charge on any atom is 0.134 e. The molecule has 0 fully saturated rings. The van der Waals surface area contributed by atoms with Gasteiger partial charge in [0.2, 0.25) is 0 Å². The maximum absolute atomic E-state index is 10.9. The number of Topliss-reactive ketones (excluding diaryl/α,β-unsaturated/α-hetero) is 1. The molecule has 0 spiro atoms. The molecule has 4 heteroatoms. The second kappa shape index (κ2) is 5.75. The average molecular weight is 224 g/mol. The Hall–Kier alpha value is -1.23. The van der Waals surface area contributed by atoms with Crippen molar-refractivity contribution in [2.45, 2.75) is 25.6 Å². The van der Waals surface area contributed by atoms with Gasteiger partial charge in [0.1, 0.15) is 18.0 Å². The molecule has 0 amide bonds. The number of carbonyl (C=O) groups is 1. The molecule has 2 unspecified atom stereocenters. The van der Waals surface area contributed by atoms with Gasteiger partial charge in [-0.2, -0.15) is 0 Å². The van der Waals surface area contributed by atoms with Gasteiger partial charge < -0.3 is 15.3 Å². The summed E-state index contributed by atoms with van der Waals surface area (Å²) in [7, 11) is 0. The van der Waals surface area contributed by atoms with Crippen molar-refractivity contribution in [2.75, 3.05) is 6.61 Å². The Bertz CT molecular complexity index is 345. The predicted molar refractivity (Wildman–Crippen MR) is 58.9 cm³/mol. The zero-order valence-electron chi connectivity index (χ0n) is 9.13. The maximum atomic E-state index is 10.9. The van der Waals surface area contributed by atoms with Crippen LogP contribution in [0.2, 0.25) is 0 Å². The highest BCUT2D eigenvalue weighted by atomic mass is 16.4. The molecule has 0 aliphatic carbocycles. The molecule has 2 atom stereocenters. The summed E-state index contributed by atoms with van der Waals surface area (Å²) in [4.78, 5) is 10.9. The fraction of sp³-hybridized carbons (Fsp3) is 0.417. The standard InChI is InChI=1S/C12H16O4/c1-8(14)6-9-2-4-10(5-3-9)12(16)11(15)7-13/h2-5,11-13,15-16H,6-7H2,1H3. The summed E-state index contributed by atoms with van der Waals surface area (Å²) < 4.78 is 0. The Morgan fingerprint density at radius 1 is 1.25 bits per heavy atom. The number of carbonyl (C=O) groups excluding carboxylic acids is 1. The smallest absolute Gasteiger partial charge is 0.134 e. The average Bonchev–Trinajstić information content (AvgIpc) is 2.27. The Balaban J connectivity index is 2.74. The van der Waals surface area contributed by atoms with Crippen LogP contribution in [0, 0.1) is 0 Å². The lowest BCUT2D eigenvalue weighted by molar-refractivity contribution is -0.116. The Morgan fingerprint density at radius 2 is 1.81 bits per heavy atom. The SMILES string of the molecule is CC(=O)Cc1ccc(C(O)C(O)CO)cc1. The summed E-state index contributed by atoms with van der Waals surface area (Å²) in [6.45, 7) is 1.02. The molecule has 0 saturated carbocycles. The summed E-state index contributed by atoms with van der Waals surface area (Å²) >= 11 is 0. The Kier molecular flexibility index (Phi) is 4.61.